The van der Waals surface area contributed by atoms with E-state index in [0.717, 1.165) is 18.2 Å². The molecule has 0 saturated heterocycles. The van der Waals surface area contributed by atoms with Crippen molar-refractivity contribution < 1.29 is 22.8 Å². The first kappa shape index (κ1) is 24.4. The van der Waals surface area contributed by atoms with E-state index in [1.807, 2.05) is 0 Å². The highest BCUT2D eigenvalue weighted by Crippen LogP contribution is 2.32. The number of hydrogen-bond acceptors (Lipinski definition) is 5. The number of benzene rings is 1. The molecule has 0 fully saturated rings. The number of amides is 2. The van der Waals surface area contributed by atoms with Crippen LogP contribution in [0, 0.1) is 0 Å². The van der Waals surface area contributed by atoms with Gasteiger partial charge in [0.25, 0.3) is 5.91 Å². The molecule has 0 unspecified atom stereocenters. The van der Waals surface area contributed by atoms with Gasteiger partial charge in [-0.25, -0.2) is 14.5 Å². The number of carbonyl (C=O) groups is 2. The summed E-state index contributed by atoms with van der Waals surface area (Å²) in [7, 11) is 0. The first-order chi connectivity index (χ1) is 16.5. The van der Waals surface area contributed by atoms with E-state index < -0.39 is 17.6 Å². The molecule has 0 bridgehead atoms. The number of anilines is 1. The van der Waals surface area contributed by atoms with Gasteiger partial charge < -0.3 is 10.6 Å². The molecule has 0 saturated carbocycles. The van der Waals surface area contributed by atoms with E-state index in [1.54, 1.807) is 12.1 Å². The molecule has 3 aromatic heterocycles. The molecular weight excluding hydrogens is 508 g/mol. The molecule has 8 nitrogen and oxygen atoms in total. The van der Waals surface area contributed by atoms with Gasteiger partial charge in [-0.1, -0.05) is 23.2 Å². The van der Waals surface area contributed by atoms with Crippen LogP contribution in [0.25, 0.3) is 16.9 Å². The van der Waals surface area contributed by atoms with Gasteiger partial charge in [0.05, 0.1) is 23.0 Å². The highest BCUT2D eigenvalue weighted by molar-refractivity contribution is 6.33. The Labute approximate surface area is 206 Å². The normalized spacial score (nSPS) is 11.5. The summed E-state index contributed by atoms with van der Waals surface area (Å²) in [5.74, 6) is -0.614. The van der Waals surface area contributed by atoms with Gasteiger partial charge in [-0.3, -0.25) is 9.59 Å². The second kappa shape index (κ2) is 9.51. The zero-order valence-corrected chi connectivity index (χ0v) is 19.3. The van der Waals surface area contributed by atoms with Crippen molar-refractivity contribution in [2.75, 3.05) is 5.32 Å². The average Bonchev–Trinajstić information content (AvgIpc) is 3.18. The lowest BCUT2D eigenvalue weighted by atomic mass is 10.1. The predicted octanol–water partition coefficient (Wildman–Crippen LogP) is 5.01. The Kier molecular flexibility index (Phi) is 6.64. The van der Waals surface area contributed by atoms with Crippen LogP contribution in [0.4, 0.5) is 19.0 Å². The van der Waals surface area contributed by atoms with Crippen LogP contribution in [0.1, 0.15) is 28.4 Å². The molecule has 2 amide bonds. The van der Waals surface area contributed by atoms with Crippen LogP contribution < -0.4 is 10.6 Å². The van der Waals surface area contributed by atoms with Gasteiger partial charge in [0.2, 0.25) is 5.91 Å². The number of alkyl halides is 3. The molecular formula is C22H15Cl2F3N6O2. The van der Waals surface area contributed by atoms with Crippen molar-refractivity contribution in [1.29, 1.82) is 0 Å². The van der Waals surface area contributed by atoms with Crippen molar-refractivity contribution in [2.24, 2.45) is 0 Å². The molecule has 4 aromatic rings. The summed E-state index contributed by atoms with van der Waals surface area (Å²) in [6.45, 7) is 1.10. The SMILES string of the molecule is CC(=O)Nc1cn2nc(-c3cnc(Cl)c(C(=O)NCc4cc(C(F)(F)F)ccc4Cl)c3)ccc2n1. The molecule has 0 radical (unpaired) electrons. The second-order valence-corrected chi connectivity index (χ2v) is 8.14. The van der Waals surface area contributed by atoms with Crippen molar-refractivity contribution in [1.82, 2.24) is 24.9 Å². The Morgan fingerprint density at radius 1 is 1.11 bits per heavy atom. The minimum atomic E-state index is -4.54. The maximum atomic E-state index is 13.0. The van der Waals surface area contributed by atoms with Crippen molar-refractivity contribution in [2.45, 2.75) is 19.6 Å². The van der Waals surface area contributed by atoms with Crippen LogP contribution in [0.5, 0.6) is 0 Å². The number of rotatable bonds is 5. The largest absolute Gasteiger partial charge is 0.416 e. The van der Waals surface area contributed by atoms with Crippen LogP contribution in [-0.2, 0) is 17.5 Å². The zero-order valence-electron chi connectivity index (χ0n) is 17.8. The Hall–Kier alpha value is -3.70. The number of carbonyl (C=O) groups excluding carboxylic acids is 2. The van der Waals surface area contributed by atoms with E-state index in [2.05, 4.69) is 25.7 Å². The van der Waals surface area contributed by atoms with Gasteiger partial charge in [0.1, 0.15) is 5.15 Å². The quantitative estimate of drug-likeness (QED) is 0.359. The molecule has 0 aliphatic rings. The van der Waals surface area contributed by atoms with Crippen molar-refractivity contribution >= 4 is 46.5 Å². The summed E-state index contributed by atoms with van der Waals surface area (Å²) in [5, 5.41) is 9.46. The van der Waals surface area contributed by atoms with Crippen LogP contribution >= 0.6 is 23.2 Å². The highest BCUT2D eigenvalue weighted by atomic mass is 35.5. The first-order valence-corrected chi connectivity index (χ1v) is 10.7. The van der Waals surface area contributed by atoms with Gasteiger partial charge in [0.15, 0.2) is 11.5 Å². The maximum Gasteiger partial charge on any atom is 0.416 e. The Morgan fingerprint density at radius 3 is 2.60 bits per heavy atom. The smallest absolute Gasteiger partial charge is 0.348 e. The van der Waals surface area contributed by atoms with E-state index in [1.165, 1.54) is 29.9 Å². The molecule has 1 aromatic carbocycles. The van der Waals surface area contributed by atoms with E-state index in [4.69, 9.17) is 23.2 Å². The molecule has 0 atom stereocenters. The fraction of sp³-hybridized carbons (Fsp3) is 0.136. The lowest BCUT2D eigenvalue weighted by molar-refractivity contribution is -0.137. The second-order valence-electron chi connectivity index (χ2n) is 7.38. The standard InChI is InChI=1S/C22H15Cl2F3N6O2/c1-11(34)30-18-10-33-19(31-18)5-4-17(32-33)13-7-15(20(24)28-9-13)21(35)29-8-12-6-14(22(25,26)27)2-3-16(12)23/h2-7,9-10H,8H2,1H3,(H,29,35)(H,30,34). The van der Waals surface area contributed by atoms with Crippen molar-refractivity contribution in [3.8, 4) is 11.3 Å². The highest BCUT2D eigenvalue weighted by Gasteiger charge is 2.31. The number of nitrogens with one attached hydrogen (secondary N) is 2. The van der Waals surface area contributed by atoms with Gasteiger partial charge >= 0.3 is 6.18 Å². The van der Waals surface area contributed by atoms with Gasteiger partial charge in [-0.2, -0.15) is 18.3 Å². The first-order valence-electron chi connectivity index (χ1n) is 9.95. The summed E-state index contributed by atoms with van der Waals surface area (Å²) in [5.41, 5.74) is 0.582. The topological polar surface area (TPSA) is 101 Å². The predicted molar refractivity (Wildman–Crippen MR) is 123 cm³/mol. The number of fused-ring (bicyclic) bond motifs is 1. The summed E-state index contributed by atoms with van der Waals surface area (Å²) in [4.78, 5) is 32.2. The van der Waals surface area contributed by atoms with Crippen LogP contribution in [0.2, 0.25) is 10.2 Å². The third-order valence-corrected chi connectivity index (χ3v) is 5.49. The minimum absolute atomic E-state index is 0.00118. The fourth-order valence-electron chi connectivity index (χ4n) is 3.18. The third kappa shape index (κ3) is 5.52. The van der Waals surface area contributed by atoms with Crippen molar-refractivity contribution in [3.05, 3.63) is 75.7 Å². The minimum Gasteiger partial charge on any atom is -0.348 e. The summed E-state index contributed by atoms with van der Waals surface area (Å²) >= 11 is 12.1. The number of nitrogens with zero attached hydrogens (tertiary/aromatic N) is 4. The Bertz CT molecular complexity index is 1460. The number of hydrogen-bond donors (Lipinski definition) is 2. The number of imidazole rings is 1. The molecule has 180 valence electrons. The molecule has 3 heterocycles. The molecule has 4 rings (SSSR count). The zero-order chi connectivity index (χ0) is 25.3. The number of aromatic nitrogens is 4. The van der Waals surface area contributed by atoms with Gasteiger partial charge in [0, 0.05) is 30.3 Å². The Balaban J connectivity index is 1.57. The number of pyridine rings is 1. The molecule has 13 heteroatoms. The maximum absolute atomic E-state index is 13.0. The number of halogens is 5. The fourth-order valence-corrected chi connectivity index (χ4v) is 3.55. The third-order valence-electron chi connectivity index (χ3n) is 4.82. The molecule has 0 spiro atoms. The summed E-state index contributed by atoms with van der Waals surface area (Å²) in [6.07, 6.45) is -1.60. The molecule has 2 N–H and O–H groups in total. The van der Waals surface area contributed by atoms with E-state index in [0.29, 0.717) is 22.7 Å². The van der Waals surface area contributed by atoms with E-state index >= 15 is 0 Å². The van der Waals surface area contributed by atoms with E-state index in [9.17, 15) is 22.8 Å². The lowest BCUT2D eigenvalue weighted by Crippen LogP contribution is -2.24. The average molecular weight is 523 g/mol. The lowest BCUT2D eigenvalue weighted by Gasteiger charge is -2.12. The van der Waals surface area contributed by atoms with E-state index in [-0.39, 0.29) is 33.8 Å². The van der Waals surface area contributed by atoms with Crippen LogP contribution in [0.15, 0.2) is 48.8 Å². The van der Waals surface area contributed by atoms with Crippen LogP contribution in [0.3, 0.4) is 0 Å². The monoisotopic (exact) mass is 522 g/mol. The van der Waals surface area contributed by atoms with Gasteiger partial charge in [-0.15, -0.1) is 0 Å². The van der Waals surface area contributed by atoms with Crippen molar-refractivity contribution in [3.63, 3.8) is 0 Å². The summed E-state index contributed by atoms with van der Waals surface area (Å²) in [6, 6.07) is 7.63. The molecule has 35 heavy (non-hydrogen) atoms. The summed E-state index contributed by atoms with van der Waals surface area (Å²) < 4.78 is 40.4. The van der Waals surface area contributed by atoms with Gasteiger partial charge in [-0.05, 0) is 42.0 Å². The molecule has 0 aliphatic carbocycles. The Morgan fingerprint density at radius 2 is 1.89 bits per heavy atom. The molecule has 0 aliphatic heterocycles. The van der Waals surface area contributed by atoms with Crippen LogP contribution in [-0.4, -0.2) is 31.4 Å².